The molecule has 0 fully saturated rings. The van der Waals surface area contributed by atoms with Gasteiger partial charge in [0.1, 0.15) is 11.8 Å². The van der Waals surface area contributed by atoms with E-state index in [4.69, 9.17) is 5.11 Å². The van der Waals surface area contributed by atoms with Gasteiger partial charge in [-0.15, -0.1) is 0 Å². The van der Waals surface area contributed by atoms with Crippen LogP contribution in [0, 0.1) is 0 Å². The molecule has 0 aliphatic rings. The number of hydrogen-bond donors (Lipinski definition) is 2. The summed E-state index contributed by atoms with van der Waals surface area (Å²) in [5.41, 5.74) is 0. The van der Waals surface area contributed by atoms with Gasteiger partial charge in [-0.25, -0.2) is 4.79 Å². The van der Waals surface area contributed by atoms with E-state index < -0.39 is 12.0 Å². The van der Waals surface area contributed by atoms with E-state index in [1.165, 1.54) is 6.92 Å². The molecule has 0 heterocycles. The van der Waals surface area contributed by atoms with Gasteiger partial charge in [0.15, 0.2) is 0 Å². The number of aliphatic carboxylic acids is 1. The third-order valence-electron chi connectivity index (χ3n) is 1.74. The van der Waals surface area contributed by atoms with Crippen LogP contribution in [-0.2, 0) is 14.4 Å². The maximum absolute atomic E-state index is 10.9. The summed E-state index contributed by atoms with van der Waals surface area (Å²) in [5, 5.41) is 11.0. The van der Waals surface area contributed by atoms with Crippen LogP contribution in [0.3, 0.4) is 0 Å². The Morgan fingerprint density at radius 3 is 2.29 bits per heavy atom. The first-order chi connectivity index (χ1) is 6.47. The number of carboxylic acid groups (broad SMARTS) is 1. The summed E-state index contributed by atoms with van der Waals surface area (Å²) < 4.78 is 0. The lowest BCUT2D eigenvalue weighted by atomic mass is 10.1. The largest absolute Gasteiger partial charge is 0.480 e. The average Bonchev–Trinajstić information content (AvgIpc) is 2.10. The number of carbonyl (C=O) groups is 3. The van der Waals surface area contributed by atoms with Crippen LogP contribution in [0.1, 0.15) is 33.1 Å². The van der Waals surface area contributed by atoms with E-state index in [-0.39, 0.29) is 31.0 Å². The maximum atomic E-state index is 10.9. The Morgan fingerprint density at radius 1 is 1.36 bits per heavy atom. The lowest BCUT2D eigenvalue weighted by Gasteiger charge is -2.12. The average molecular weight is 201 g/mol. The Labute approximate surface area is 82.5 Å². The third kappa shape index (κ3) is 5.29. The van der Waals surface area contributed by atoms with Crippen molar-refractivity contribution in [3.63, 3.8) is 0 Å². The first-order valence-electron chi connectivity index (χ1n) is 4.49. The van der Waals surface area contributed by atoms with Gasteiger partial charge in [0.05, 0.1) is 0 Å². The highest BCUT2D eigenvalue weighted by atomic mass is 16.4. The minimum atomic E-state index is -1.10. The highest BCUT2D eigenvalue weighted by molar-refractivity contribution is 5.84. The summed E-state index contributed by atoms with van der Waals surface area (Å²) in [6, 6.07) is -0.952. The van der Waals surface area contributed by atoms with Crippen molar-refractivity contribution in [1.29, 1.82) is 0 Å². The lowest BCUT2D eigenvalue weighted by Crippen LogP contribution is -2.40. The van der Waals surface area contributed by atoms with E-state index in [1.54, 1.807) is 6.92 Å². The van der Waals surface area contributed by atoms with Crippen molar-refractivity contribution in [2.75, 3.05) is 0 Å². The van der Waals surface area contributed by atoms with Crippen molar-refractivity contribution in [2.45, 2.75) is 39.2 Å². The minimum absolute atomic E-state index is 0.0815. The van der Waals surface area contributed by atoms with Crippen molar-refractivity contribution in [2.24, 2.45) is 0 Å². The predicted molar refractivity (Wildman–Crippen MR) is 49.8 cm³/mol. The second kappa shape index (κ2) is 6.12. The highest BCUT2D eigenvalue weighted by Gasteiger charge is 2.19. The third-order valence-corrected chi connectivity index (χ3v) is 1.74. The van der Waals surface area contributed by atoms with E-state index in [0.717, 1.165) is 0 Å². The number of nitrogens with one attached hydrogen (secondary N) is 1. The van der Waals surface area contributed by atoms with Gasteiger partial charge >= 0.3 is 5.97 Å². The molecule has 0 saturated heterocycles. The van der Waals surface area contributed by atoms with Crippen molar-refractivity contribution < 1.29 is 19.5 Å². The van der Waals surface area contributed by atoms with Gasteiger partial charge in [-0.1, -0.05) is 6.92 Å². The van der Waals surface area contributed by atoms with E-state index in [0.29, 0.717) is 0 Å². The van der Waals surface area contributed by atoms with E-state index in [9.17, 15) is 14.4 Å². The SMILES string of the molecule is CCC(=O)NC(CCC(C)=O)C(=O)O. The molecule has 0 radical (unpaired) electrons. The summed E-state index contributed by atoms with van der Waals surface area (Å²) in [4.78, 5) is 32.2. The Balaban J connectivity index is 4.09. The van der Waals surface area contributed by atoms with Crippen LogP contribution in [0.25, 0.3) is 0 Å². The maximum Gasteiger partial charge on any atom is 0.326 e. The molecular weight excluding hydrogens is 186 g/mol. The zero-order valence-electron chi connectivity index (χ0n) is 8.37. The smallest absolute Gasteiger partial charge is 0.326 e. The first kappa shape index (κ1) is 12.6. The highest BCUT2D eigenvalue weighted by Crippen LogP contribution is 1.99. The van der Waals surface area contributed by atoms with Gasteiger partial charge in [-0.3, -0.25) is 4.79 Å². The molecule has 1 atom stereocenters. The van der Waals surface area contributed by atoms with Gasteiger partial charge in [0.25, 0.3) is 0 Å². The molecule has 5 nitrogen and oxygen atoms in total. The summed E-state index contributed by atoms with van der Waals surface area (Å²) in [6.45, 7) is 3.03. The summed E-state index contributed by atoms with van der Waals surface area (Å²) in [6.07, 6.45) is 0.557. The van der Waals surface area contributed by atoms with E-state index >= 15 is 0 Å². The second-order valence-electron chi connectivity index (χ2n) is 3.05. The Hall–Kier alpha value is -1.39. The fraction of sp³-hybridized carbons (Fsp3) is 0.667. The molecule has 0 spiro atoms. The fourth-order valence-corrected chi connectivity index (χ4v) is 0.901. The molecule has 0 aliphatic carbocycles. The minimum Gasteiger partial charge on any atom is -0.480 e. The Bertz CT molecular complexity index is 237. The predicted octanol–water partition coefficient (Wildman–Crippen LogP) is 0.335. The molecular formula is C9H15NO4. The second-order valence-corrected chi connectivity index (χ2v) is 3.05. The number of rotatable bonds is 6. The van der Waals surface area contributed by atoms with Gasteiger partial charge in [-0.05, 0) is 13.3 Å². The van der Waals surface area contributed by atoms with Gasteiger partial charge in [0, 0.05) is 12.8 Å². The number of carbonyl (C=O) groups excluding carboxylic acids is 2. The van der Waals surface area contributed by atoms with E-state index in [2.05, 4.69) is 5.32 Å². The molecule has 5 heteroatoms. The normalized spacial score (nSPS) is 11.9. The molecule has 1 amide bonds. The molecule has 2 N–H and O–H groups in total. The van der Waals surface area contributed by atoms with Crippen LogP contribution >= 0.6 is 0 Å². The number of amides is 1. The Kier molecular flexibility index (Phi) is 5.52. The molecule has 0 aromatic heterocycles. The zero-order chi connectivity index (χ0) is 11.1. The molecule has 80 valence electrons. The van der Waals surface area contributed by atoms with Crippen molar-refractivity contribution in [3.8, 4) is 0 Å². The standard InChI is InChI=1S/C9H15NO4/c1-3-8(12)10-7(9(13)14)5-4-6(2)11/h7H,3-5H2,1-2H3,(H,10,12)(H,13,14). The van der Waals surface area contributed by atoms with Gasteiger partial charge in [-0.2, -0.15) is 0 Å². The molecule has 1 unspecified atom stereocenters. The monoisotopic (exact) mass is 201 g/mol. The number of hydrogen-bond acceptors (Lipinski definition) is 3. The summed E-state index contributed by atoms with van der Waals surface area (Å²) in [5.74, 6) is -1.50. The van der Waals surface area contributed by atoms with Crippen LogP contribution in [0.2, 0.25) is 0 Å². The number of ketones is 1. The topological polar surface area (TPSA) is 83.5 Å². The van der Waals surface area contributed by atoms with Gasteiger partial charge in [0.2, 0.25) is 5.91 Å². The summed E-state index contributed by atoms with van der Waals surface area (Å²) >= 11 is 0. The molecule has 14 heavy (non-hydrogen) atoms. The van der Waals surface area contributed by atoms with Crippen molar-refractivity contribution in [1.82, 2.24) is 5.32 Å². The molecule has 0 aromatic rings. The van der Waals surface area contributed by atoms with Crippen LogP contribution < -0.4 is 5.32 Å². The Morgan fingerprint density at radius 2 is 1.93 bits per heavy atom. The lowest BCUT2D eigenvalue weighted by molar-refractivity contribution is -0.142. The van der Waals surface area contributed by atoms with Crippen molar-refractivity contribution >= 4 is 17.7 Å². The molecule has 0 aliphatic heterocycles. The number of carboxylic acids is 1. The summed E-state index contributed by atoms with van der Waals surface area (Å²) in [7, 11) is 0. The molecule has 0 saturated carbocycles. The first-order valence-corrected chi connectivity index (χ1v) is 4.49. The van der Waals surface area contributed by atoms with Gasteiger partial charge < -0.3 is 15.2 Å². The van der Waals surface area contributed by atoms with Crippen LogP contribution in [0.15, 0.2) is 0 Å². The van der Waals surface area contributed by atoms with Crippen LogP contribution in [0.5, 0.6) is 0 Å². The van der Waals surface area contributed by atoms with Crippen LogP contribution in [0.4, 0.5) is 0 Å². The van der Waals surface area contributed by atoms with E-state index in [1.807, 2.05) is 0 Å². The van der Waals surface area contributed by atoms with Crippen molar-refractivity contribution in [3.05, 3.63) is 0 Å². The molecule has 0 aromatic carbocycles. The van der Waals surface area contributed by atoms with Crippen LogP contribution in [-0.4, -0.2) is 28.8 Å². The molecule has 0 rings (SSSR count). The fourth-order valence-electron chi connectivity index (χ4n) is 0.901. The quantitative estimate of drug-likeness (QED) is 0.648. The zero-order valence-corrected chi connectivity index (χ0v) is 8.37. The molecule has 0 bridgehead atoms. The number of Topliss-reactive ketones (excluding diaryl/α,β-unsaturated/α-hetero) is 1.